The maximum Gasteiger partial charge on any atom is 0.231 e. The number of anilines is 1. The fourth-order valence-corrected chi connectivity index (χ4v) is 2.17. The van der Waals surface area contributed by atoms with Crippen LogP contribution in [0.4, 0.5) is 5.82 Å². The molecule has 1 amide bonds. The second-order valence-corrected chi connectivity index (χ2v) is 4.87. The van der Waals surface area contributed by atoms with Crippen molar-refractivity contribution in [3.05, 3.63) is 35.5 Å². The molecule has 0 spiro atoms. The van der Waals surface area contributed by atoms with Gasteiger partial charge in [0.15, 0.2) is 17.3 Å². The molecule has 0 saturated heterocycles. The quantitative estimate of drug-likeness (QED) is 0.884. The van der Waals surface area contributed by atoms with Gasteiger partial charge in [-0.3, -0.25) is 9.89 Å². The van der Waals surface area contributed by atoms with Crippen LogP contribution >= 0.6 is 0 Å². The summed E-state index contributed by atoms with van der Waals surface area (Å²) in [4.78, 5) is 11.9. The van der Waals surface area contributed by atoms with Gasteiger partial charge in [-0.1, -0.05) is 13.0 Å². The van der Waals surface area contributed by atoms with Gasteiger partial charge in [0.1, 0.15) is 0 Å². The van der Waals surface area contributed by atoms with Gasteiger partial charge in [0, 0.05) is 18.2 Å². The average molecular weight is 287 g/mol. The minimum absolute atomic E-state index is 0.0539. The van der Waals surface area contributed by atoms with Crippen molar-refractivity contribution >= 4 is 11.7 Å². The van der Waals surface area contributed by atoms with Crippen LogP contribution < -0.4 is 14.8 Å². The number of nitrogens with one attached hydrogen (secondary N) is 2. The molecule has 0 atom stereocenters. The van der Waals surface area contributed by atoms with E-state index in [0.717, 1.165) is 29.2 Å². The Labute approximate surface area is 122 Å². The molecule has 0 aliphatic carbocycles. The van der Waals surface area contributed by atoms with Gasteiger partial charge in [0.2, 0.25) is 12.7 Å². The van der Waals surface area contributed by atoms with Crippen LogP contribution in [-0.2, 0) is 17.6 Å². The number of ether oxygens (including phenoxy) is 2. The van der Waals surface area contributed by atoms with E-state index in [9.17, 15) is 4.79 Å². The third-order valence-electron chi connectivity index (χ3n) is 3.36. The molecule has 0 fully saturated rings. The molecule has 6 heteroatoms. The largest absolute Gasteiger partial charge is 0.454 e. The maximum absolute atomic E-state index is 11.9. The van der Waals surface area contributed by atoms with Crippen LogP contribution in [0.25, 0.3) is 0 Å². The Kier molecular flexibility index (Phi) is 3.77. The van der Waals surface area contributed by atoms with Crippen LogP contribution in [0.1, 0.15) is 24.6 Å². The number of aromatic nitrogens is 2. The van der Waals surface area contributed by atoms with Crippen molar-refractivity contribution in [1.82, 2.24) is 10.2 Å². The standard InChI is InChI=1S/C15H17N3O3/c1-2-11-8-14(18-17-11)16-15(19)6-4-10-3-5-12-13(7-10)21-9-20-12/h3,5,7-8H,2,4,6,9H2,1H3,(H2,16,17,18,19). The first-order valence-corrected chi connectivity index (χ1v) is 6.97. The summed E-state index contributed by atoms with van der Waals surface area (Å²) in [6.07, 6.45) is 1.90. The number of aryl methyl sites for hydroxylation is 2. The monoisotopic (exact) mass is 287 g/mol. The fourth-order valence-electron chi connectivity index (χ4n) is 2.17. The maximum atomic E-state index is 11.9. The Hall–Kier alpha value is -2.50. The van der Waals surface area contributed by atoms with E-state index >= 15 is 0 Å². The van der Waals surface area contributed by atoms with Crippen molar-refractivity contribution in [3.63, 3.8) is 0 Å². The Balaban J connectivity index is 1.53. The summed E-state index contributed by atoms with van der Waals surface area (Å²) >= 11 is 0. The number of H-pyrrole nitrogens is 1. The predicted octanol–water partition coefficient (Wildman–Crippen LogP) is 2.27. The third kappa shape index (κ3) is 3.16. The zero-order valence-corrected chi connectivity index (χ0v) is 11.8. The van der Waals surface area contributed by atoms with Gasteiger partial charge in [-0.2, -0.15) is 5.10 Å². The number of rotatable bonds is 5. The van der Waals surface area contributed by atoms with E-state index in [4.69, 9.17) is 9.47 Å². The van der Waals surface area contributed by atoms with E-state index in [1.54, 1.807) is 0 Å². The van der Waals surface area contributed by atoms with Crippen molar-refractivity contribution < 1.29 is 14.3 Å². The molecular weight excluding hydrogens is 270 g/mol. The molecule has 0 radical (unpaired) electrons. The van der Waals surface area contributed by atoms with Gasteiger partial charge >= 0.3 is 0 Å². The highest BCUT2D eigenvalue weighted by Gasteiger charge is 2.13. The molecule has 2 heterocycles. The van der Waals surface area contributed by atoms with Crippen molar-refractivity contribution in [2.45, 2.75) is 26.2 Å². The lowest BCUT2D eigenvalue weighted by atomic mass is 10.1. The number of aromatic amines is 1. The molecule has 0 unspecified atom stereocenters. The van der Waals surface area contributed by atoms with Crippen LogP contribution in [0, 0.1) is 0 Å². The van der Waals surface area contributed by atoms with Crippen molar-refractivity contribution in [3.8, 4) is 11.5 Å². The van der Waals surface area contributed by atoms with Gasteiger partial charge in [0.05, 0.1) is 0 Å². The van der Waals surface area contributed by atoms with Crippen molar-refractivity contribution in [2.24, 2.45) is 0 Å². The highest BCUT2D eigenvalue weighted by Crippen LogP contribution is 2.32. The zero-order chi connectivity index (χ0) is 14.7. The summed E-state index contributed by atoms with van der Waals surface area (Å²) in [6, 6.07) is 7.58. The summed E-state index contributed by atoms with van der Waals surface area (Å²) in [5.41, 5.74) is 2.05. The SMILES string of the molecule is CCc1cc(NC(=O)CCc2ccc3c(c2)OCO3)n[nH]1. The summed E-state index contributed by atoms with van der Waals surface area (Å²) in [5, 5.41) is 9.69. The summed E-state index contributed by atoms with van der Waals surface area (Å²) < 4.78 is 10.6. The van der Waals surface area contributed by atoms with Crippen LogP contribution in [0.15, 0.2) is 24.3 Å². The highest BCUT2D eigenvalue weighted by atomic mass is 16.7. The lowest BCUT2D eigenvalue weighted by molar-refractivity contribution is -0.116. The molecule has 1 aliphatic rings. The first-order valence-electron chi connectivity index (χ1n) is 6.97. The molecule has 6 nitrogen and oxygen atoms in total. The van der Waals surface area contributed by atoms with Crippen molar-refractivity contribution in [1.29, 1.82) is 0 Å². The number of benzene rings is 1. The van der Waals surface area contributed by atoms with E-state index in [1.165, 1.54) is 0 Å². The molecule has 110 valence electrons. The summed E-state index contributed by atoms with van der Waals surface area (Å²) in [7, 11) is 0. The number of nitrogens with zero attached hydrogens (tertiary/aromatic N) is 1. The molecular formula is C15H17N3O3. The number of carbonyl (C=O) groups is 1. The normalized spacial score (nSPS) is 12.4. The smallest absolute Gasteiger partial charge is 0.231 e. The summed E-state index contributed by atoms with van der Waals surface area (Å²) in [5.74, 6) is 2.02. The third-order valence-corrected chi connectivity index (χ3v) is 3.36. The van der Waals surface area contributed by atoms with E-state index in [-0.39, 0.29) is 12.7 Å². The van der Waals surface area contributed by atoms with Gasteiger partial charge in [-0.25, -0.2) is 0 Å². The number of carbonyl (C=O) groups excluding carboxylic acids is 1. The topological polar surface area (TPSA) is 76.2 Å². The van der Waals surface area contributed by atoms with Gasteiger partial charge < -0.3 is 14.8 Å². The van der Waals surface area contributed by atoms with Crippen LogP contribution in [-0.4, -0.2) is 22.9 Å². The Morgan fingerprint density at radius 3 is 3.00 bits per heavy atom. The predicted molar refractivity (Wildman–Crippen MR) is 77.5 cm³/mol. The lowest BCUT2D eigenvalue weighted by Crippen LogP contribution is -2.12. The van der Waals surface area contributed by atoms with Gasteiger partial charge in [0.25, 0.3) is 0 Å². The Morgan fingerprint density at radius 1 is 1.33 bits per heavy atom. The Bertz CT molecular complexity index is 651. The number of amides is 1. The molecule has 1 aromatic carbocycles. The number of hydrogen-bond donors (Lipinski definition) is 2. The highest BCUT2D eigenvalue weighted by molar-refractivity contribution is 5.89. The molecule has 1 aromatic heterocycles. The van der Waals surface area contributed by atoms with E-state index in [2.05, 4.69) is 15.5 Å². The van der Waals surface area contributed by atoms with Crippen LogP contribution in [0.2, 0.25) is 0 Å². The second kappa shape index (κ2) is 5.87. The molecule has 2 aromatic rings. The zero-order valence-electron chi connectivity index (χ0n) is 11.8. The molecule has 21 heavy (non-hydrogen) atoms. The van der Waals surface area contributed by atoms with Gasteiger partial charge in [-0.15, -0.1) is 0 Å². The molecule has 3 rings (SSSR count). The first-order chi connectivity index (χ1) is 10.2. The number of hydrogen-bond acceptors (Lipinski definition) is 4. The average Bonchev–Trinajstić information content (AvgIpc) is 3.13. The van der Waals surface area contributed by atoms with E-state index < -0.39 is 0 Å². The van der Waals surface area contributed by atoms with Gasteiger partial charge in [-0.05, 0) is 30.5 Å². The second-order valence-electron chi connectivity index (χ2n) is 4.87. The summed E-state index contributed by atoms with van der Waals surface area (Å²) in [6.45, 7) is 2.29. The molecule has 0 saturated carbocycles. The number of fused-ring (bicyclic) bond motifs is 1. The van der Waals surface area contributed by atoms with Crippen molar-refractivity contribution in [2.75, 3.05) is 12.1 Å². The molecule has 1 aliphatic heterocycles. The van der Waals surface area contributed by atoms with E-state index in [0.29, 0.717) is 18.7 Å². The Morgan fingerprint density at radius 2 is 2.19 bits per heavy atom. The lowest BCUT2D eigenvalue weighted by Gasteiger charge is -2.03. The minimum atomic E-state index is -0.0539. The van der Waals surface area contributed by atoms with E-state index in [1.807, 2.05) is 31.2 Å². The first kappa shape index (κ1) is 13.5. The molecule has 2 N–H and O–H groups in total. The minimum Gasteiger partial charge on any atom is -0.454 e. The van der Waals surface area contributed by atoms with Crippen LogP contribution in [0.3, 0.4) is 0 Å². The molecule has 0 bridgehead atoms. The van der Waals surface area contributed by atoms with Crippen LogP contribution in [0.5, 0.6) is 11.5 Å². The fraction of sp³-hybridized carbons (Fsp3) is 0.333.